The maximum atomic E-state index is 12.3. The monoisotopic (exact) mass is 393 g/mol. The van der Waals surface area contributed by atoms with Gasteiger partial charge in [-0.25, -0.2) is 0 Å². The molecule has 2 aromatic carbocycles. The number of nitrogens with zero attached hydrogens (tertiary/aromatic N) is 1. The van der Waals surface area contributed by atoms with Gasteiger partial charge < -0.3 is 10.6 Å². The summed E-state index contributed by atoms with van der Waals surface area (Å²) in [5.41, 5.74) is 3.47. The Labute approximate surface area is 169 Å². The lowest BCUT2D eigenvalue weighted by molar-refractivity contribution is -0.121. The average molecular weight is 393 g/mol. The zero-order valence-electron chi connectivity index (χ0n) is 16.5. The van der Waals surface area contributed by atoms with Crippen molar-refractivity contribution in [2.45, 2.75) is 20.3 Å². The molecule has 0 spiro atoms. The maximum absolute atomic E-state index is 12.3. The van der Waals surface area contributed by atoms with Gasteiger partial charge in [-0.15, -0.1) is 0 Å². The van der Waals surface area contributed by atoms with Crippen LogP contribution in [0.5, 0.6) is 0 Å². The largest absolute Gasteiger partial charge is 0.354 e. The van der Waals surface area contributed by atoms with Gasteiger partial charge in [-0.2, -0.15) is 0 Å². The molecule has 0 bridgehead atoms. The first kappa shape index (κ1) is 20.3. The minimum Gasteiger partial charge on any atom is -0.354 e. The topological polar surface area (TPSA) is 95.6 Å². The molecular weight excluding hydrogens is 370 g/mol. The highest BCUT2D eigenvalue weighted by atomic mass is 16.2. The van der Waals surface area contributed by atoms with Gasteiger partial charge in [-0.1, -0.05) is 18.2 Å². The van der Waals surface area contributed by atoms with Crippen molar-refractivity contribution in [2.24, 2.45) is 0 Å². The first-order valence-electron chi connectivity index (χ1n) is 9.46. The fourth-order valence-electron chi connectivity index (χ4n) is 3.11. The minimum atomic E-state index is -0.376. The molecule has 3 rings (SSSR count). The Bertz CT molecular complexity index is 949. The Balaban J connectivity index is 1.40. The first-order chi connectivity index (χ1) is 13.9. The van der Waals surface area contributed by atoms with E-state index in [4.69, 9.17) is 0 Å². The van der Waals surface area contributed by atoms with E-state index in [1.54, 1.807) is 30.3 Å². The third-order valence-electron chi connectivity index (χ3n) is 4.94. The molecule has 0 aromatic heterocycles. The molecule has 0 aliphatic carbocycles. The molecule has 150 valence electrons. The number of benzene rings is 2. The molecule has 1 aliphatic rings. The van der Waals surface area contributed by atoms with Crippen LogP contribution < -0.4 is 10.6 Å². The van der Waals surface area contributed by atoms with Gasteiger partial charge in [0.25, 0.3) is 17.7 Å². The van der Waals surface area contributed by atoms with Crippen molar-refractivity contribution < 1.29 is 19.2 Å². The molecular formula is C22H23N3O4. The molecule has 0 atom stereocenters. The van der Waals surface area contributed by atoms with Crippen LogP contribution in [0.4, 0.5) is 0 Å². The van der Waals surface area contributed by atoms with E-state index in [2.05, 4.69) is 10.6 Å². The number of carbonyl (C=O) groups is 4. The predicted molar refractivity (Wildman–Crippen MR) is 108 cm³/mol. The van der Waals surface area contributed by atoms with Crippen LogP contribution in [0.3, 0.4) is 0 Å². The van der Waals surface area contributed by atoms with E-state index < -0.39 is 0 Å². The normalized spacial score (nSPS) is 12.7. The zero-order chi connectivity index (χ0) is 21.0. The van der Waals surface area contributed by atoms with E-state index in [-0.39, 0.29) is 49.7 Å². The van der Waals surface area contributed by atoms with E-state index in [1.807, 2.05) is 26.0 Å². The molecule has 0 fully saturated rings. The molecule has 0 unspecified atom stereocenters. The molecule has 0 saturated heterocycles. The summed E-state index contributed by atoms with van der Waals surface area (Å²) in [4.78, 5) is 49.7. The fraction of sp³-hybridized carbons (Fsp3) is 0.273. The predicted octanol–water partition coefficient (Wildman–Crippen LogP) is 1.84. The Kier molecular flexibility index (Phi) is 6.07. The lowest BCUT2D eigenvalue weighted by Gasteiger charge is -2.13. The van der Waals surface area contributed by atoms with E-state index in [0.717, 1.165) is 16.0 Å². The zero-order valence-corrected chi connectivity index (χ0v) is 16.5. The van der Waals surface area contributed by atoms with Crippen LogP contribution in [-0.4, -0.2) is 48.2 Å². The number of imide groups is 1. The second-order valence-electron chi connectivity index (χ2n) is 6.96. The second kappa shape index (κ2) is 8.68. The van der Waals surface area contributed by atoms with Crippen LogP contribution in [0, 0.1) is 13.8 Å². The molecule has 2 aromatic rings. The minimum absolute atomic E-state index is 0.0105. The molecule has 0 saturated carbocycles. The van der Waals surface area contributed by atoms with Crippen LogP contribution >= 0.6 is 0 Å². The van der Waals surface area contributed by atoms with Gasteiger partial charge in [0.05, 0.1) is 11.1 Å². The highest BCUT2D eigenvalue weighted by Gasteiger charge is 2.34. The molecule has 1 aliphatic heterocycles. The van der Waals surface area contributed by atoms with Crippen LogP contribution in [0.2, 0.25) is 0 Å². The number of carbonyl (C=O) groups excluding carboxylic acids is 4. The number of aryl methyl sites for hydroxylation is 2. The van der Waals surface area contributed by atoms with Crippen molar-refractivity contribution >= 4 is 23.6 Å². The number of rotatable bonds is 7. The highest BCUT2D eigenvalue weighted by molar-refractivity contribution is 6.21. The van der Waals surface area contributed by atoms with E-state index in [1.165, 1.54) is 0 Å². The number of hydrogen-bond acceptors (Lipinski definition) is 4. The maximum Gasteiger partial charge on any atom is 0.261 e. The van der Waals surface area contributed by atoms with Crippen LogP contribution in [0.1, 0.15) is 48.6 Å². The highest BCUT2D eigenvalue weighted by Crippen LogP contribution is 2.22. The van der Waals surface area contributed by atoms with Gasteiger partial charge in [0.2, 0.25) is 5.91 Å². The summed E-state index contributed by atoms with van der Waals surface area (Å²) >= 11 is 0. The molecule has 29 heavy (non-hydrogen) atoms. The average Bonchev–Trinajstić information content (AvgIpc) is 2.96. The quantitative estimate of drug-likeness (QED) is 0.554. The van der Waals surface area contributed by atoms with Crippen molar-refractivity contribution in [3.8, 4) is 0 Å². The van der Waals surface area contributed by atoms with Gasteiger partial charge in [-0.3, -0.25) is 24.1 Å². The summed E-state index contributed by atoms with van der Waals surface area (Å²) in [5.74, 6) is -1.24. The summed E-state index contributed by atoms with van der Waals surface area (Å²) in [6.07, 6.45) is 0.0105. The van der Waals surface area contributed by atoms with E-state index in [0.29, 0.717) is 16.7 Å². The number of hydrogen-bond donors (Lipinski definition) is 2. The standard InChI is InChI=1S/C22H23N3O4/c1-14-7-8-16(13-15(14)2)20(27)24-11-10-23-19(26)9-12-25-21(28)17-5-3-4-6-18(17)22(25)29/h3-8,13H,9-12H2,1-2H3,(H,23,26)(H,24,27). The van der Waals surface area contributed by atoms with E-state index in [9.17, 15) is 19.2 Å². The molecule has 2 N–H and O–H groups in total. The Morgan fingerprint density at radius 3 is 2.10 bits per heavy atom. The molecule has 0 radical (unpaired) electrons. The lowest BCUT2D eigenvalue weighted by atomic mass is 10.1. The molecule has 7 heteroatoms. The third kappa shape index (κ3) is 4.51. The van der Waals surface area contributed by atoms with Crippen LogP contribution in [-0.2, 0) is 4.79 Å². The summed E-state index contributed by atoms with van der Waals surface area (Å²) in [5, 5.41) is 5.43. The summed E-state index contributed by atoms with van der Waals surface area (Å²) in [6, 6.07) is 12.1. The van der Waals surface area contributed by atoms with Gasteiger partial charge in [-0.05, 0) is 49.2 Å². The van der Waals surface area contributed by atoms with Gasteiger partial charge in [0.15, 0.2) is 0 Å². The van der Waals surface area contributed by atoms with Gasteiger partial charge in [0.1, 0.15) is 0 Å². The van der Waals surface area contributed by atoms with Crippen LogP contribution in [0.25, 0.3) is 0 Å². The van der Waals surface area contributed by atoms with Crippen molar-refractivity contribution in [1.82, 2.24) is 15.5 Å². The van der Waals surface area contributed by atoms with Crippen molar-refractivity contribution in [3.05, 3.63) is 70.3 Å². The Hall–Kier alpha value is -3.48. The van der Waals surface area contributed by atoms with Gasteiger partial charge >= 0.3 is 0 Å². The van der Waals surface area contributed by atoms with Crippen molar-refractivity contribution in [3.63, 3.8) is 0 Å². The number of fused-ring (bicyclic) bond motifs is 1. The molecule has 1 heterocycles. The fourth-order valence-corrected chi connectivity index (χ4v) is 3.11. The van der Waals surface area contributed by atoms with Crippen molar-refractivity contribution in [2.75, 3.05) is 19.6 Å². The van der Waals surface area contributed by atoms with E-state index >= 15 is 0 Å². The Morgan fingerprint density at radius 1 is 0.862 bits per heavy atom. The SMILES string of the molecule is Cc1ccc(C(=O)NCCNC(=O)CCN2C(=O)c3ccccc3C2=O)cc1C. The summed E-state index contributed by atoms with van der Waals surface area (Å²) < 4.78 is 0. The second-order valence-corrected chi connectivity index (χ2v) is 6.96. The lowest BCUT2D eigenvalue weighted by Crippen LogP contribution is -2.37. The summed E-state index contributed by atoms with van der Waals surface area (Å²) in [6.45, 7) is 4.49. The Morgan fingerprint density at radius 2 is 1.48 bits per heavy atom. The number of amides is 4. The molecule has 4 amide bonds. The first-order valence-corrected chi connectivity index (χ1v) is 9.46. The number of nitrogens with one attached hydrogen (secondary N) is 2. The summed E-state index contributed by atoms with van der Waals surface area (Å²) in [7, 11) is 0. The third-order valence-corrected chi connectivity index (χ3v) is 4.94. The smallest absolute Gasteiger partial charge is 0.261 e. The van der Waals surface area contributed by atoms with Crippen molar-refractivity contribution in [1.29, 1.82) is 0 Å². The van der Waals surface area contributed by atoms with Gasteiger partial charge in [0, 0.05) is 31.6 Å². The van der Waals surface area contributed by atoms with Crippen LogP contribution in [0.15, 0.2) is 42.5 Å². The molecule has 7 nitrogen and oxygen atoms in total.